The number of carbonyl (C=O) groups excluding carboxylic acids is 2. The molecule has 27 heavy (non-hydrogen) atoms. The second-order valence-corrected chi connectivity index (χ2v) is 7.19. The molecule has 4 heteroatoms. The predicted molar refractivity (Wildman–Crippen MR) is 105 cm³/mol. The molecule has 2 aromatic carbocycles. The largest absolute Gasteiger partial charge is 0.467 e. The van der Waals surface area contributed by atoms with E-state index in [1.165, 1.54) is 12.7 Å². The Labute approximate surface area is 160 Å². The molecule has 0 bridgehead atoms. The van der Waals surface area contributed by atoms with Crippen LogP contribution in [-0.2, 0) is 9.53 Å². The molecule has 0 saturated carbocycles. The number of nitrogens with one attached hydrogen (secondary N) is 1. The molecule has 1 aliphatic carbocycles. The maximum atomic E-state index is 13.0. The van der Waals surface area contributed by atoms with Gasteiger partial charge in [-0.3, -0.25) is 4.79 Å². The van der Waals surface area contributed by atoms with Crippen molar-refractivity contribution in [2.45, 2.75) is 38.1 Å². The van der Waals surface area contributed by atoms with Crippen LogP contribution in [0.25, 0.3) is 0 Å². The van der Waals surface area contributed by atoms with Crippen LogP contribution in [0, 0.1) is 0 Å². The summed E-state index contributed by atoms with van der Waals surface area (Å²) in [5.41, 5.74) is 2.77. The van der Waals surface area contributed by atoms with Crippen LogP contribution < -0.4 is 5.32 Å². The summed E-state index contributed by atoms with van der Waals surface area (Å²) in [4.78, 5) is 26.0. The minimum absolute atomic E-state index is 0.192. The lowest BCUT2D eigenvalue weighted by molar-refractivity contribution is -0.149. The van der Waals surface area contributed by atoms with Gasteiger partial charge in [0, 0.05) is 17.9 Å². The lowest BCUT2D eigenvalue weighted by Gasteiger charge is -2.43. The molecule has 4 nitrogen and oxygen atoms in total. The van der Waals surface area contributed by atoms with Gasteiger partial charge in [-0.15, -0.1) is 0 Å². The zero-order valence-corrected chi connectivity index (χ0v) is 16.0. The number of benzene rings is 2. The summed E-state index contributed by atoms with van der Waals surface area (Å²) < 4.78 is 5.19. The van der Waals surface area contributed by atoms with E-state index in [1.807, 2.05) is 55.5 Å². The van der Waals surface area contributed by atoms with E-state index in [4.69, 9.17) is 4.74 Å². The standard InChI is InChI=1S/C23H25NO3/c1-16-14-20(18-10-6-4-7-11-18)23(15-17(16)2,22(26)27-3)24-21(25)19-12-8-5-9-13-19/h4-13,20H,14-15H2,1-3H3,(H,24,25)/t20-,23-/m1/s1. The number of esters is 1. The Morgan fingerprint density at radius 3 is 2.15 bits per heavy atom. The molecule has 0 radical (unpaired) electrons. The second-order valence-electron chi connectivity index (χ2n) is 7.19. The normalized spacial score (nSPS) is 22.3. The summed E-state index contributed by atoms with van der Waals surface area (Å²) in [6.45, 7) is 4.11. The Morgan fingerprint density at radius 1 is 0.963 bits per heavy atom. The van der Waals surface area contributed by atoms with Crippen molar-refractivity contribution in [3.8, 4) is 0 Å². The number of carbonyl (C=O) groups is 2. The molecule has 2 atom stereocenters. The molecule has 0 spiro atoms. The Balaban J connectivity index is 2.09. The molecule has 0 fully saturated rings. The van der Waals surface area contributed by atoms with Gasteiger partial charge in [0.05, 0.1) is 7.11 Å². The van der Waals surface area contributed by atoms with Crippen molar-refractivity contribution in [3.05, 3.63) is 82.9 Å². The van der Waals surface area contributed by atoms with E-state index in [0.29, 0.717) is 18.4 Å². The number of ether oxygens (including phenoxy) is 1. The minimum Gasteiger partial charge on any atom is -0.467 e. The van der Waals surface area contributed by atoms with E-state index >= 15 is 0 Å². The summed E-state index contributed by atoms with van der Waals surface area (Å²) in [6, 6.07) is 18.8. The first-order valence-corrected chi connectivity index (χ1v) is 9.14. The van der Waals surface area contributed by atoms with Crippen molar-refractivity contribution in [2.24, 2.45) is 0 Å². The highest BCUT2D eigenvalue weighted by molar-refractivity contribution is 5.98. The summed E-state index contributed by atoms with van der Waals surface area (Å²) >= 11 is 0. The average Bonchev–Trinajstić information content (AvgIpc) is 2.71. The summed E-state index contributed by atoms with van der Waals surface area (Å²) in [5.74, 6) is -0.871. The maximum Gasteiger partial charge on any atom is 0.332 e. The third kappa shape index (κ3) is 3.65. The Bertz CT molecular complexity index is 858. The highest BCUT2D eigenvalue weighted by Crippen LogP contribution is 2.44. The van der Waals surface area contributed by atoms with Gasteiger partial charge in [0.2, 0.25) is 0 Å². The van der Waals surface area contributed by atoms with Gasteiger partial charge in [-0.2, -0.15) is 0 Å². The molecule has 1 aliphatic rings. The van der Waals surface area contributed by atoms with Crippen LogP contribution in [-0.4, -0.2) is 24.5 Å². The molecule has 140 valence electrons. The zero-order valence-electron chi connectivity index (χ0n) is 16.0. The van der Waals surface area contributed by atoms with E-state index in [0.717, 1.165) is 11.1 Å². The Kier molecular flexibility index (Phi) is 5.45. The molecule has 1 amide bonds. The fraction of sp³-hybridized carbons (Fsp3) is 0.304. The summed E-state index contributed by atoms with van der Waals surface area (Å²) in [6.07, 6.45) is 1.13. The Morgan fingerprint density at radius 2 is 1.56 bits per heavy atom. The van der Waals surface area contributed by atoms with Crippen molar-refractivity contribution in [2.75, 3.05) is 7.11 Å². The highest BCUT2D eigenvalue weighted by atomic mass is 16.5. The Hall–Kier alpha value is -2.88. The van der Waals surface area contributed by atoms with Gasteiger partial charge in [-0.1, -0.05) is 59.7 Å². The van der Waals surface area contributed by atoms with Crippen molar-refractivity contribution in [1.29, 1.82) is 0 Å². The lowest BCUT2D eigenvalue weighted by Crippen LogP contribution is -2.60. The number of hydrogen-bond acceptors (Lipinski definition) is 3. The number of methoxy groups -OCH3 is 1. The van der Waals surface area contributed by atoms with E-state index in [9.17, 15) is 9.59 Å². The first-order valence-electron chi connectivity index (χ1n) is 9.14. The number of allylic oxidation sites excluding steroid dienone is 1. The van der Waals surface area contributed by atoms with Crippen LogP contribution in [0.5, 0.6) is 0 Å². The maximum absolute atomic E-state index is 13.0. The SMILES string of the molecule is COC(=O)[C@@]1(NC(=O)c2ccccc2)CC(C)=C(C)C[C@@H]1c1ccccc1. The third-order valence-electron chi connectivity index (χ3n) is 5.50. The number of rotatable bonds is 4. The van der Waals surface area contributed by atoms with Gasteiger partial charge in [0.25, 0.3) is 5.91 Å². The van der Waals surface area contributed by atoms with Crippen LogP contribution in [0.1, 0.15) is 48.5 Å². The molecule has 0 heterocycles. The van der Waals surface area contributed by atoms with E-state index in [1.54, 1.807) is 12.1 Å². The minimum atomic E-state index is -1.13. The van der Waals surface area contributed by atoms with Gasteiger partial charge in [-0.05, 0) is 38.0 Å². The quantitative estimate of drug-likeness (QED) is 0.653. The number of amides is 1. The van der Waals surface area contributed by atoms with Crippen LogP contribution in [0.15, 0.2) is 71.8 Å². The van der Waals surface area contributed by atoms with Crippen molar-refractivity contribution in [1.82, 2.24) is 5.32 Å². The molecule has 0 aromatic heterocycles. The molecule has 0 unspecified atom stereocenters. The van der Waals surface area contributed by atoms with E-state index in [2.05, 4.69) is 12.2 Å². The van der Waals surface area contributed by atoms with Gasteiger partial charge in [0.1, 0.15) is 5.54 Å². The summed E-state index contributed by atoms with van der Waals surface area (Å²) in [7, 11) is 1.38. The topological polar surface area (TPSA) is 55.4 Å². The van der Waals surface area contributed by atoms with Crippen molar-refractivity contribution in [3.63, 3.8) is 0 Å². The van der Waals surface area contributed by atoms with Gasteiger partial charge < -0.3 is 10.1 Å². The number of hydrogen-bond donors (Lipinski definition) is 1. The van der Waals surface area contributed by atoms with Crippen LogP contribution in [0.4, 0.5) is 0 Å². The second kappa shape index (κ2) is 7.78. The molecule has 1 N–H and O–H groups in total. The van der Waals surface area contributed by atoms with Crippen molar-refractivity contribution < 1.29 is 14.3 Å². The predicted octanol–water partition coefficient (Wildman–Crippen LogP) is 4.24. The van der Waals surface area contributed by atoms with E-state index in [-0.39, 0.29) is 11.8 Å². The van der Waals surface area contributed by atoms with Crippen LogP contribution >= 0.6 is 0 Å². The van der Waals surface area contributed by atoms with Crippen LogP contribution in [0.2, 0.25) is 0 Å². The fourth-order valence-electron chi connectivity index (χ4n) is 3.88. The molecule has 0 aliphatic heterocycles. The highest BCUT2D eigenvalue weighted by Gasteiger charge is 2.51. The average molecular weight is 363 g/mol. The van der Waals surface area contributed by atoms with E-state index < -0.39 is 11.5 Å². The molecular weight excluding hydrogens is 338 g/mol. The summed E-state index contributed by atoms with van der Waals surface area (Å²) in [5, 5.41) is 3.05. The lowest BCUT2D eigenvalue weighted by atomic mass is 9.67. The first kappa shape index (κ1) is 18.9. The van der Waals surface area contributed by atoms with Gasteiger partial charge >= 0.3 is 5.97 Å². The fourth-order valence-corrected chi connectivity index (χ4v) is 3.88. The first-order chi connectivity index (χ1) is 13.0. The van der Waals surface area contributed by atoms with Crippen molar-refractivity contribution >= 4 is 11.9 Å². The van der Waals surface area contributed by atoms with Crippen LogP contribution in [0.3, 0.4) is 0 Å². The monoisotopic (exact) mass is 363 g/mol. The van der Waals surface area contributed by atoms with Gasteiger partial charge in [-0.25, -0.2) is 4.79 Å². The zero-order chi connectivity index (χ0) is 19.4. The van der Waals surface area contributed by atoms with Gasteiger partial charge in [0.15, 0.2) is 0 Å². The third-order valence-corrected chi connectivity index (χ3v) is 5.50. The smallest absolute Gasteiger partial charge is 0.332 e. The molecule has 3 rings (SSSR count). The molecular formula is C23H25NO3. The molecule has 2 aromatic rings. The molecule has 0 saturated heterocycles.